The molecule has 0 aliphatic rings. The molecular formula is C12H10N4O2S. The Kier molecular flexibility index (Phi) is 4.55. The first-order valence-corrected chi connectivity index (χ1v) is 6.21. The Hall–Kier alpha value is -2.30. The minimum absolute atomic E-state index is 0.0316. The third-order valence-corrected chi connectivity index (χ3v) is 2.64. The molecule has 0 unspecified atom stereocenters. The molecule has 2 N–H and O–H groups in total. The summed E-state index contributed by atoms with van der Waals surface area (Å²) in [4.78, 5) is 15.8. The molecule has 6 nitrogen and oxygen atoms in total. The molecule has 96 valence electrons. The van der Waals surface area contributed by atoms with Crippen molar-refractivity contribution in [3.05, 3.63) is 35.8 Å². The van der Waals surface area contributed by atoms with Crippen LogP contribution in [0.4, 0.5) is 5.00 Å². The second-order valence-corrected chi connectivity index (χ2v) is 4.23. The van der Waals surface area contributed by atoms with Crippen LogP contribution in [0.3, 0.4) is 0 Å². The van der Waals surface area contributed by atoms with Crippen LogP contribution in [-0.4, -0.2) is 32.2 Å². The van der Waals surface area contributed by atoms with Crippen molar-refractivity contribution in [1.29, 1.82) is 0 Å². The molecule has 0 aromatic carbocycles. The Morgan fingerprint density at radius 2 is 2.32 bits per heavy atom. The highest BCUT2D eigenvalue weighted by Crippen LogP contribution is 2.10. The predicted octanol–water partition coefficient (Wildman–Crippen LogP) is 0.919. The maximum Gasteiger partial charge on any atom is 0.274 e. The van der Waals surface area contributed by atoms with Gasteiger partial charge in [0.1, 0.15) is 10.7 Å². The average molecular weight is 274 g/mol. The fraction of sp³-hybridized carbons (Fsp3) is 0.167. The van der Waals surface area contributed by atoms with E-state index in [0.29, 0.717) is 22.7 Å². The van der Waals surface area contributed by atoms with Crippen molar-refractivity contribution in [3.63, 3.8) is 0 Å². The molecule has 2 aromatic rings. The lowest BCUT2D eigenvalue weighted by molar-refractivity contribution is 0.102. The lowest BCUT2D eigenvalue weighted by Gasteiger charge is -2.00. The van der Waals surface area contributed by atoms with Gasteiger partial charge in [-0.3, -0.25) is 4.79 Å². The molecule has 0 radical (unpaired) electrons. The number of nitrogens with one attached hydrogen (secondary N) is 1. The highest BCUT2D eigenvalue weighted by molar-refractivity contribution is 7.10. The number of carbonyl (C=O) groups is 1. The number of anilines is 1. The summed E-state index contributed by atoms with van der Waals surface area (Å²) in [6.07, 6.45) is 3.40. The summed E-state index contributed by atoms with van der Waals surface area (Å²) in [5.41, 5.74) is 0.991. The number of hydrogen-bond donors (Lipinski definition) is 2. The molecule has 1 amide bonds. The molecule has 2 rings (SSSR count). The van der Waals surface area contributed by atoms with E-state index in [1.807, 2.05) is 0 Å². The predicted molar refractivity (Wildman–Crippen MR) is 70.7 cm³/mol. The van der Waals surface area contributed by atoms with E-state index in [1.165, 1.54) is 12.4 Å². The summed E-state index contributed by atoms with van der Waals surface area (Å²) >= 11 is 1.10. The first-order valence-electron chi connectivity index (χ1n) is 5.44. The summed E-state index contributed by atoms with van der Waals surface area (Å²) in [5, 5.41) is 15.4. The van der Waals surface area contributed by atoms with E-state index >= 15 is 0 Å². The summed E-state index contributed by atoms with van der Waals surface area (Å²) in [7, 11) is 0. The van der Waals surface area contributed by atoms with E-state index in [9.17, 15) is 4.79 Å². The van der Waals surface area contributed by atoms with Gasteiger partial charge < -0.3 is 10.4 Å². The fourth-order valence-corrected chi connectivity index (χ4v) is 1.64. The highest BCUT2D eigenvalue weighted by Gasteiger charge is 2.08. The largest absolute Gasteiger partial charge is 0.395 e. The standard InChI is InChI=1S/C12H10N4O2S/c17-6-2-1-3-9-4-5-10(13-7-9)12(18)15-11-8-14-16-19-11/h4-5,7-8,17H,2,6H2,(H,15,18). The van der Waals surface area contributed by atoms with Crippen molar-refractivity contribution >= 4 is 22.4 Å². The molecular weight excluding hydrogens is 264 g/mol. The van der Waals surface area contributed by atoms with Gasteiger partial charge in [-0.15, -0.1) is 5.10 Å². The first-order chi connectivity index (χ1) is 9.29. The summed E-state index contributed by atoms with van der Waals surface area (Å²) < 4.78 is 3.64. The second-order valence-electron chi connectivity index (χ2n) is 3.44. The lowest BCUT2D eigenvalue weighted by atomic mass is 10.2. The number of aliphatic hydroxyl groups is 1. The molecule has 19 heavy (non-hydrogen) atoms. The van der Waals surface area contributed by atoms with Gasteiger partial charge in [0.2, 0.25) is 0 Å². The molecule has 2 aromatic heterocycles. The topological polar surface area (TPSA) is 88.0 Å². The zero-order chi connectivity index (χ0) is 13.5. The van der Waals surface area contributed by atoms with Gasteiger partial charge in [0.05, 0.1) is 12.8 Å². The number of amides is 1. The van der Waals surface area contributed by atoms with Crippen molar-refractivity contribution in [2.75, 3.05) is 11.9 Å². The summed E-state index contributed by atoms with van der Waals surface area (Å²) in [6, 6.07) is 3.30. The van der Waals surface area contributed by atoms with Gasteiger partial charge in [-0.25, -0.2) is 4.98 Å². The Bertz CT molecular complexity index is 599. The minimum Gasteiger partial charge on any atom is -0.395 e. The van der Waals surface area contributed by atoms with Gasteiger partial charge in [0.25, 0.3) is 5.91 Å². The third kappa shape index (κ3) is 3.84. The fourth-order valence-electron chi connectivity index (χ4n) is 1.22. The van der Waals surface area contributed by atoms with Gasteiger partial charge >= 0.3 is 0 Å². The number of aromatic nitrogens is 3. The second kappa shape index (κ2) is 6.58. The zero-order valence-electron chi connectivity index (χ0n) is 9.83. The SMILES string of the molecule is O=C(Nc1cnns1)c1ccc(C#CCCO)cn1. The molecule has 0 bridgehead atoms. The van der Waals surface area contributed by atoms with Crippen LogP contribution in [0.15, 0.2) is 24.5 Å². The number of nitrogens with zero attached hydrogens (tertiary/aromatic N) is 3. The minimum atomic E-state index is -0.319. The molecule has 0 saturated heterocycles. The van der Waals surface area contributed by atoms with E-state index in [-0.39, 0.29) is 12.5 Å². The van der Waals surface area contributed by atoms with Crippen LogP contribution in [0.5, 0.6) is 0 Å². The van der Waals surface area contributed by atoms with Gasteiger partial charge in [-0.1, -0.05) is 16.3 Å². The number of aliphatic hydroxyl groups excluding tert-OH is 1. The molecule has 2 heterocycles. The van der Waals surface area contributed by atoms with Gasteiger partial charge in [0.15, 0.2) is 0 Å². The third-order valence-electron chi connectivity index (χ3n) is 2.06. The number of rotatable bonds is 3. The Labute approximate surface area is 113 Å². The van der Waals surface area contributed by atoms with Crippen LogP contribution >= 0.6 is 11.5 Å². The summed E-state index contributed by atoms with van der Waals surface area (Å²) in [6.45, 7) is 0.0316. The maximum absolute atomic E-state index is 11.8. The quantitative estimate of drug-likeness (QED) is 0.813. The van der Waals surface area contributed by atoms with Crippen LogP contribution in [0.1, 0.15) is 22.5 Å². The average Bonchev–Trinajstić information content (AvgIpc) is 2.93. The highest BCUT2D eigenvalue weighted by atomic mass is 32.1. The van der Waals surface area contributed by atoms with E-state index in [1.54, 1.807) is 12.1 Å². The zero-order valence-corrected chi connectivity index (χ0v) is 10.6. The van der Waals surface area contributed by atoms with Crippen LogP contribution in [0.25, 0.3) is 0 Å². The van der Waals surface area contributed by atoms with Gasteiger partial charge in [-0.05, 0) is 12.1 Å². The van der Waals surface area contributed by atoms with Crippen molar-refractivity contribution in [1.82, 2.24) is 14.6 Å². The van der Waals surface area contributed by atoms with Gasteiger partial charge in [0, 0.05) is 29.7 Å². The Morgan fingerprint density at radius 3 is 2.95 bits per heavy atom. The molecule has 0 atom stereocenters. The van der Waals surface area contributed by atoms with Crippen LogP contribution in [0.2, 0.25) is 0 Å². The number of pyridine rings is 1. The first kappa shape index (κ1) is 13.1. The molecule has 7 heteroatoms. The van der Waals surface area contributed by atoms with Crippen LogP contribution in [-0.2, 0) is 0 Å². The van der Waals surface area contributed by atoms with E-state index < -0.39 is 0 Å². The normalized spacial score (nSPS) is 9.53. The maximum atomic E-state index is 11.8. The number of hydrogen-bond acceptors (Lipinski definition) is 6. The molecule has 0 fully saturated rings. The van der Waals surface area contributed by atoms with E-state index in [0.717, 1.165) is 11.5 Å². The van der Waals surface area contributed by atoms with Crippen LogP contribution in [0, 0.1) is 11.8 Å². The molecule has 0 aliphatic carbocycles. The smallest absolute Gasteiger partial charge is 0.274 e. The molecule has 0 saturated carbocycles. The van der Waals surface area contributed by atoms with E-state index in [4.69, 9.17) is 5.11 Å². The van der Waals surface area contributed by atoms with Crippen molar-refractivity contribution in [3.8, 4) is 11.8 Å². The van der Waals surface area contributed by atoms with Crippen molar-refractivity contribution in [2.24, 2.45) is 0 Å². The van der Waals surface area contributed by atoms with E-state index in [2.05, 4.69) is 31.7 Å². The Balaban J connectivity index is 2.02. The van der Waals surface area contributed by atoms with Crippen molar-refractivity contribution < 1.29 is 9.90 Å². The monoisotopic (exact) mass is 274 g/mol. The van der Waals surface area contributed by atoms with Crippen molar-refractivity contribution in [2.45, 2.75) is 6.42 Å². The van der Waals surface area contributed by atoms with Gasteiger partial charge in [-0.2, -0.15) is 0 Å². The Morgan fingerprint density at radius 1 is 1.42 bits per heavy atom. The molecule has 0 aliphatic heterocycles. The lowest BCUT2D eigenvalue weighted by Crippen LogP contribution is -2.12. The molecule has 0 spiro atoms. The van der Waals surface area contributed by atoms with Crippen LogP contribution < -0.4 is 5.32 Å². The number of carbonyl (C=O) groups excluding carboxylic acids is 1. The summed E-state index contributed by atoms with van der Waals surface area (Å²) in [5.74, 6) is 5.30.